The quantitative estimate of drug-likeness (QED) is 0.256. The molecule has 2 N–H and O–H groups in total. The summed E-state index contributed by atoms with van der Waals surface area (Å²) in [7, 11) is 1.63. The Hall–Kier alpha value is -4.62. The summed E-state index contributed by atoms with van der Waals surface area (Å²) in [6.07, 6.45) is 10.7. The second-order valence-electron chi connectivity index (χ2n) is 8.58. The van der Waals surface area contributed by atoms with Crippen LogP contribution in [0.15, 0.2) is 79.1 Å². The van der Waals surface area contributed by atoms with Gasteiger partial charge < -0.3 is 19.6 Å². The van der Waals surface area contributed by atoms with Gasteiger partial charge in [-0.25, -0.2) is 4.68 Å². The van der Waals surface area contributed by atoms with Crippen molar-refractivity contribution in [3.8, 4) is 11.5 Å². The number of fused-ring (bicyclic) bond motifs is 1. The molecule has 186 valence electrons. The number of hydrogen-bond donors (Lipinski definition) is 2. The average Bonchev–Trinajstić information content (AvgIpc) is 3.57. The Morgan fingerprint density at radius 3 is 2.73 bits per heavy atom. The highest BCUT2D eigenvalue weighted by atomic mass is 16.5. The highest BCUT2D eigenvalue weighted by molar-refractivity contribution is 5.83. The van der Waals surface area contributed by atoms with E-state index in [9.17, 15) is 5.11 Å². The first-order valence-corrected chi connectivity index (χ1v) is 12.0. The molecule has 0 bridgehead atoms. The zero-order valence-corrected chi connectivity index (χ0v) is 20.7. The summed E-state index contributed by atoms with van der Waals surface area (Å²) in [6.45, 7) is 2.07. The standard InChI is InChI=1S/C30H28N4O3/c1-21(35)34-27(12-7-22-6-8-23-14-16-32-29(23)17-22)18-25(33-34)11-9-24-10-13-28(19-30(24)36-2)37-20-26-5-3-4-15-31-26/h3-19,21,32,35H,20H2,1-2H3/b11-9+,12-7+. The van der Waals surface area contributed by atoms with Crippen LogP contribution in [0.2, 0.25) is 0 Å². The zero-order chi connectivity index (χ0) is 25.6. The normalized spacial score (nSPS) is 12.5. The van der Waals surface area contributed by atoms with Gasteiger partial charge in [0.05, 0.1) is 24.2 Å². The third-order valence-electron chi connectivity index (χ3n) is 5.91. The summed E-state index contributed by atoms with van der Waals surface area (Å²) in [6, 6.07) is 21.6. The van der Waals surface area contributed by atoms with Crippen LogP contribution in [0.5, 0.6) is 11.5 Å². The third kappa shape index (κ3) is 5.79. The molecule has 0 aliphatic heterocycles. The largest absolute Gasteiger partial charge is 0.496 e. The maximum absolute atomic E-state index is 10.3. The molecule has 0 saturated heterocycles. The Morgan fingerprint density at radius 2 is 1.92 bits per heavy atom. The SMILES string of the molecule is COc1cc(OCc2ccccn2)ccc1/C=C/c1cc(/C=C/c2ccc3cc[nH]c3c2)n(C(C)O)n1. The number of H-pyrrole nitrogens is 1. The highest BCUT2D eigenvalue weighted by Crippen LogP contribution is 2.27. The van der Waals surface area contributed by atoms with Crippen LogP contribution in [0.1, 0.15) is 41.4 Å². The molecule has 5 rings (SSSR count). The van der Waals surface area contributed by atoms with E-state index in [0.29, 0.717) is 18.1 Å². The predicted octanol–water partition coefficient (Wildman–Crippen LogP) is 6.20. The lowest BCUT2D eigenvalue weighted by Crippen LogP contribution is -2.07. The molecule has 2 aromatic carbocycles. The van der Waals surface area contributed by atoms with Crippen molar-refractivity contribution in [2.45, 2.75) is 19.8 Å². The van der Waals surface area contributed by atoms with E-state index in [1.54, 1.807) is 24.9 Å². The number of hydrogen-bond acceptors (Lipinski definition) is 5. The fourth-order valence-corrected chi connectivity index (χ4v) is 4.02. The number of aromatic nitrogens is 4. The molecule has 5 aromatic rings. The van der Waals surface area contributed by atoms with Gasteiger partial charge in [-0.2, -0.15) is 5.10 Å². The van der Waals surface area contributed by atoms with E-state index in [1.807, 2.05) is 79.0 Å². The summed E-state index contributed by atoms with van der Waals surface area (Å²) < 4.78 is 13.0. The maximum Gasteiger partial charge on any atom is 0.144 e. The Morgan fingerprint density at radius 1 is 1.00 bits per heavy atom. The van der Waals surface area contributed by atoms with Gasteiger partial charge >= 0.3 is 0 Å². The number of nitrogens with zero attached hydrogens (tertiary/aromatic N) is 3. The van der Waals surface area contributed by atoms with Gasteiger partial charge in [-0.15, -0.1) is 0 Å². The van der Waals surface area contributed by atoms with Gasteiger partial charge in [0, 0.05) is 29.5 Å². The molecule has 3 heterocycles. The number of methoxy groups -OCH3 is 1. The molecule has 3 aromatic heterocycles. The molecule has 0 aliphatic rings. The van der Waals surface area contributed by atoms with Gasteiger partial charge in [0.25, 0.3) is 0 Å². The second-order valence-corrected chi connectivity index (χ2v) is 8.58. The molecule has 1 unspecified atom stereocenters. The molecular formula is C30H28N4O3. The first kappa shape index (κ1) is 24.1. The molecule has 7 nitrogen and oxygen atoms in total. The molecule has 1 atom stereocenters. The van der Waals surface area contributed by atoms with Crippen molar-refractivity contribution in [3.63, 3.8) is 0 Å². The van der Waals surface area contributed by atoms with Gasteiger partial charge in [-0.3, -0.25) is 4.98 Å². The van der Waals surface area contributed by atoms with E-state index < -0.39 is 6.23 Å². The van der Waals surface area contributed by atoms with Gasteiger partial charge in [0.15, 0.2) is 0 Å². The lowest BCUT2D eigenvalue weighted by atomic mass is 10.1. The van der Waals surface area contributed by atoms with E-state index in [4.69, 9.17) is 9.47 Å². The Labute approximate surface area is 215 Å². The number of rotatable bonds is 9. The van der Waals surface area contributed by atoms with Crippen LogP contribution in [0.4, 0.5) is 0 Å². The van der Waals surface area contributed by atoms with E-state index in [-0.39, 0.29) is 0 Å². The summed E-state index contributed by atoms with van der Waals surface area (Å²) in [5, 5.41) is 16.0. The Bertz CT molecular complexity index is 1550. The number of nitrogens with one attached hydrogen (secondary N) is 1. The van der Waals surface area contributed by atoms with Gasteiger partial charge in [-0.1, -0.05) is 24.3 Å². The van der Waals surface area contributed by atoms with Gasteiger partial charge in [-0.05, 0) is 78.6 Å². The van der Waals surface area contributed by atoms with Crippen molar-refractivity contribution in [1.82, 2.24) is 19.7 Å². The van der Waals surface area contributed by atoms with E-state index in [1.165, 1.54) is 5.39 Å². The third-order valence-corrected chi connectivity index (χ3v) is 5.91. The zero-order valence-electron chi connectivity index (χ0n) is 20.7. The van der Waals surface area contributed by atoms with Crippen molar-refractivity contribution in [2.75, 3.05) is 7.11 Å². The van der Waals surface area contributed by atoms with Crippen molar-refractivity contribution >= 4 is 35.2 Å². The monoisotopic (exact) mass is 492 g/mol. The molecule has 0 aliphatic carbocycles. The minimum atomic E-state index is -0.766. The van der Waals surface area contributed by atoms with Crippen LogP contribution in [0, 0.1) is 0 Å². The first-order chi connectivity index (χ1) is 18.1. The number of aromatic amines is 1. The van der Waals surface area contributed by atoms with Crippen LogP contribution in [0.3, 0.4) is 0 Å². The van der Waals surface area contributed by atoms with Crippen molar-refractivity contribution in [2.24, 2.45) is 0 Å². The van der Waals surface area contributed by atoms with Crippen LogP contribution in [-0.2, 0) is 6.61 Å². The molecular weight excluding hydrogens is 464 g/mol. The molecule has 0 spiro atoms. The van der Waals surface area contributed by atoms with Crippen LogP contribution in [-0.4, -0.2) is 32.0 Å². The van der Waals surface area contributed by atoms with Crippen LogP contribution < -0.4 is 9.47 Å². The summed E-state index contributed by atoms with van der Waals surface area (Å²) in [4.78, 5) is 7.51. The van der Waals surface area contributed by atoms with E-state index in [2.05, 4.69) is 33.3 Å². The molecule has 0 amide bonds. The summed E-state index contributed by atoms with van der Waals surface area (Å²) in [5.74, 6) is 1.38. The minimum absolute atomic E-state index is 0.380. The smallest absolute Gasteiger partial charge is 0.144 e. The van der Waals surface area contributed by atoms with Crippen molar-refractivity contribution in [3.05, 3.63) is 107 Å². The van der Waals surface area contributed by atoms with Gasteiger partial charge in [0.1, 0.15) is 24.3 Å². The molecule has 0 saturated carbocycles. The van der Waals surface area contributed by atoms with Gasteiger partial charge in [0.2, 0.25) is 0 Å². The molecule has 37 heavy (non-hydrogen) atoms. The molecule has 0 radical (unpaired) electrons. The maximum atomic E-state index is 10.3. The molecule has 7 heteroatoms. The topological polar surface area (TPSA) is 85.2 Å². The average molecular weight is 493 g/mol. The predicted molar refractivity (Wildman–Crippen MR) is 147 cm³/mol. The van der Waals surface area contributed by atoms with Crippen LogP contribution in [0.25, 0.3) is 35.2 Å². The van der Waals surface area contributed by atoms with Crippen molar-refractivity contribution in [1.29, 1.82) is 0 Å². The number of benzene rings is 2. The molecule has 0 fully saturated rings. The second kappa shape index (κ2) is 11.0. The number of aliphatic hydroxyl groups is 1. The fourth-order valence-electron chi connectivity index (χ4n) is 4.02. The Kier molecular flexibility index (Phi) is 7.14. The minimum Gasteiger partial charge on any atom is -0.496 e. The van der Waals surface area contributed by atoms with Crippen molar-refractivity contribution < 1.29 is 14.6 Å². The number of pyridine rings is 1. The highest BCUT2D eigenvalue weighted by Gasteiger charge is 2.09. The Balaban J connectivity index is 1.33. The summed E-state index contributed by atoms with van der Waals surface area (Å²) in [5.41, 5.74) is 5.39. The van der Waals surface area contributed by atoms with E-state index in [0.717, 1.165) is 33.7 Å². The van der Waals surface area contributed by atoms with E-state index >= 15 is 0 Å². The number of aliphatic hydroxyl groups excluding tert-OH is 1. The lowest BCUT2D eigenvalue weighted by Gasteiger charge is -2.09. The van der Waals surface area contributed by atoms with Crippen LogP contribution >= 0.6 is 0 Å². The fraction of sp³-hybridized carbons (Fsp3) is 0.133. The number of ether oxygens (including phenoxy) is 2. The first-order valence-electron chi connectivity index (χ1n) is 12.0. The lowest BCUT2D eigenvalue weighted by molar-refractivity contribution is 0.110. The summed E-state index contributed by atoms with van der Waals surface area (Å²) >= 11 is 0.